The van der Waals surface area contributed by atoms with Crippen LogP contribution in [-0.4, -0.2) is 28.8 Å². The van der Waals surface area contributed by atoms with Gasteiger partial charge in [0.25, 0.3) is 0 Å². The summed E-state index contributed by atoms with van der Waals surface area (Å²) in [5.74, 6) is -0.212. The molecule has 1 aromatic carbocycles. The van der Waals surface area contributed by atoms with Gasteiger partial charge in [0.1, 0.15) is 0 Å². The first-order valence-electron chi connectivity index (χ1n) is 7.08. The summed E-state index contributed by atoms with van der Waals surface area (Å²) < 4.78 is 0. The molecular weight excluding hydrogens is 290 g/mol. The fourth-order valence-electron chi connectivity index (χ4n) is 2.26. The molecular formula is C16H24ClNO3. The smallest absolute Gasteiger partial charge is 0.222 e. The normalized spacial score (nSPS) is 14.6. The molecule has 1 aromatic rings. The SMILES string of the molecule is CC(O)CC(C)(C)CNC(=O)CC(O)c1ccc(Cl)cc1. The Kier molecular flexibility index (Phi) is 6.65. The Morgan fingerprint density at radius 1 is 1.29 bits per heavy atom. The Morgan fingerprint density at radius 3 is 2.38 bits per heavy atom. The zero-order valence-corrected chi connectivity index (χ0v) is 13.5. The second kappa shape index (κ2) is 7.78. The Hall–Kier alpha value is -1.10. The minimum atomic E-state index is -0.845. The Labute approximate surface area is 131 Å². The topological polar surface area (TPSA) is 69.6 Å². The molecule has 1 amide bonds. The zero-order valence-electron chi connectivity index (χ0n) is 12.8. The van der Waals surface area contributed by atoms with Crippen molar-refractivity contribution in [1.82, 2.24) is 5.32 Å². The number of aliphatic hydroxyl groups is 2. The number of carbonyl (C=O) groups excluding carboxylic acids is 1. The van der Waals surface area contributed by atoms with Gasteiger partial charge in [-0.05, 0) is 36.5 Å². The molecule has 0 heterocycles. The summed E-state index contributed by atoms with van der Waals surface area (Å²) in [4.78, 5) is 11.9. The van der Waals surface area contributed by atoms with Crippen LogP contribution < -0.4 is 5.32 Å². The molecule has 5 heteroatoms. The van der Waals surface area contributed by atoms with Crippen LogP contribution in [0, 0.1) is 5.41 Å². The fraction of sp³-hybridized carbons (Fsp3) is 0.562. The van der Waals surface area contributed by atoms with E-state index in [9.17, 15) is 15.0 Å². The molecule has 2 unspecified atom stereocenters. The van der Waals surface area contributed by atoms with Gasteiger partial charge in [0.05, 0.1) is 18.6 Å². The van der Waals surface area contributed by atoms with E-state index in [4.69, 9.17) is 11.6 Å². The summed E-state index contributed by atoms with van der Waals surface area (Å²) in [5, 5.41) is 22.8. The number of halogens is 1. The molecule has 0 saturated heterocycles. The highest BCUT2D eigenvalue weighted by atomic mass is 35.5. The molecule has 0 aliphatic carbocycles. The van der Waals surface area contributed by atoms with Gasteiger partial charge >= 0.3 is 0 Å². The number of rotatable bonds is 7. The number of hydrogen-bond acceptors (Lipinski definition) is 3. The molecule has 118 valence electrons. The van der Waals surface area contributed by atoms with E-state index in [1.54, 1.807) is 31.2 Å². The summed E-state index contributed by atoms with van der Waals surface area (Å²) in [6.45, 7) is 6.16. The van der Waals surface area contributed by atoms with Gasteiger partial charge in [-0.1, -0.05) is 37.6 Å². The highest BCUT2D eigenvalue weighted by molar-refractivity contribution is 6.30. The lowest BCUT2D eigenvalue weighted by molar-refractivity contribution is -0.123. The molecule has 0 radical (unpaired) electrons. The van der Waals surface area contributed by atoms with Crippen molar-refractivity contribution in [2.24, 2.45) is 5.41 Å². The van der Waals surface area contributed by atoms with Crippen LogP contribution >= 0.6 is 11.6 Å². The van der Waals surface area contributed by atoms with Crippen LogP contribution in [-0.2, 0) is 4.79 Å². The lowest BCUT2D eigenvalue weighted by Crippen LogP contribution is -2.36. The lowest BCUT2D eigenvalue weighted by Gasteiger charge is -2.26. The van der Waals surface area contributed by atoms with Gasteiger partial charge in [-0.25, -0.2) is 0 Å². The molecule has 0 aliphatic rings. The molecule has 0 aromatic heterocycles. The van der Waals surface area contributed by atoms with E-state index in [0.717, 1.165) is 0 Å². The second-order valence-corrected chi connectivity index (χ2v) is 6.70. The molecule has 21 heavy (non-hydrogen) atoms. The molecule has 3 N–H and O–H groups in total. The Balaban J connectivity index is 2.44. The van der Waals surface area contributed by atoms with Crippen LogP contribution in [0.25, 0.3) is 0 Å². The van der Waals surface area contributed by atoms with Gasteiger partial charge in [-0.2, -0.15) is 0 Å². The number of benzene rings is 1. The van der Waals surface area contributed by atoms with Crippen molar-refractivity contribution in [3.05, 3.63) is 34.9 Å². The second-order valence-electron chi connectivity index (χ2n) is 6.27. The van der Waals surface area contributed by atoms with Crippen molar-refractivity contribution in [2.45, 2.75) is 45.8 Å². The van der Waals surface area contributed by atoms with Gasteiger partial charge in [-0.3, -0.25) is 4.79 Å². The van der Waals surface area contributed by atoms with E-state index in [1.807, 2.05) is 13.8 Å². The predicted octanol–water partition coefficient (Wildman–Crippen LogP) is 2.68. The number of carbonyl (C=O) groups is 1. The summed E-state index contributed by atoms with van der Waals surface area (Å²) in [5.41, 5.74) is 0.479. The first kappa shape index (κ1) is 18.0. The highest BCUT2D eigenvalue weighted by Crippen LogP contribution is 2.22. The lowest BCUT2D eigenvalue weighted by atomic mass is 9.87. The van der Waals surface area contributed by atoms with Crippen LogP contribution in [0.3, 0.4) is 0 Å². The van der Waals surface area contributed by atoms with Gasteiger partial charge in [0, 0.05) is 11.6 Å². The number of amides is 1. The van der Waals surface area contributed by atoms with Gasteiger partial charge in [0.2, 0.25) is 5.91 Å². The minimum absolute atomic E-state index is 0.00634. The minimum Gasteiger partial charge on any atom is -0.393 e. The molecule has 1 rings (SSSR count). The summed E-state index contributed by atoms with van der Waals surface area (Å²) in [7, 11) is 0. The number of aliphatic hydroxyl groups excluding tert-OH is 2. The largest absolute Gasteiger partial charge is 0.393 e. The predicted molar refractivity (Wildman–Crippen MR) is 84.1 cm³/mol. The molecule has 0 bridgehead atoms. The average molecular weight is 314 g/mol. The van der Waals surface area contributed by atoms with E-state index in [2.05, 4.69) is 5.32 Å². The number of nitrogens with one attached hydrogen (secondary N) is 1. The van der Waals surface area contributed by atoms with Crippen molar-refractivity contribution in [3.8, 4) is 0 Å². The van der Waals surface area contributed by atoms with Gasteiger partial charge < -0.3 is 15.5 Å². The maximum Gasteiger partial charge on any atom is 0.222 e. The molecule has 0 saturated carbocycles. The molecule has 0 aliphatic heterocycles. The summed E-state index contributed by atoms with van der Waals surface area (Å²) >= 11 is 5.78. The Bertz CT molecular complexity index is 457. The zero-order chi connectivity index (χ0) is 16.0. The first-order chi connectivity index (χ1) is 9.69. The van der Waals surface area contributed by atoms with E-state index >= 15 is 0 Å². The Morgan fingerprint density at radius 2 is 1.86 bits per heavy atom. The van der Waals surface area contributed by atoms with Crippen molar-refractivity contribution < 1.29 is 15.0 Å². The number of hydrogen-bond donors (Lipinski definition) is 3. The monoisotopic (exact) mass is 313 g/mol. The van der Waals surface area contributed by atoms with Crippen molar-refractivity contribution in [2.75, 3.05) is 6.54 Å². The van der Waals surface area contributed by atoms with Crippen LogP contribution in [0.5, 0.6) is 0 Å². The molecule has 0 spiro atoms. The summed E-state index contributed by atoms with van der Waals surface area (Å²) in [6.07, 6.45) is -0.641. The first-order valence-corrected chi connectivity index (χ1v) is 7.46. The van der Waals surface area contributed by atoms with E-state index in [1.165, 1.54) is 0 Å². The van der Waals surface area contributed by atoms with Crippen LogP contribution in [0.2, 0.25) is 5.02 Å². The van der Waals surface area contributed by atoms with E-state index in [0.29, 0.717) is 23.6 Å². The van der Waals surface area contributed by atoms with Crippen molar-refractivity contribution in [1.29, 1.82) is 0 Å². The van der Waals surface area contributed by atoms with Crippen LogP contribution in [0.4, 0.5) is 0 Å². The fourth-order valence-corrected chi connectivity index (χ4v) is 2.39. The third kappa shape index (κ3) is 6.93. The van der Waals surface area contributed by atoms with E-state index < -0.39 is 12.2 Å². The third-order valence-electron chi connectivity index (χ3n) is 3.25. The third-order valence-corrected chi connectivity index (χ3v) is 3.50. The van der Waals surface area contributed by atoms with Gasteiger partial charge in [-0.15, -0.1) is 0 Å². The molecule has 2 atom stereocenters. The van der Waals surface area contributed by atoms with Crippen LogP contribution in [0.15, 0.2) is 24.3 Å². The van der Waals surface area contributed by atoms with Crippen LogP contribution in [0.1, 0.15) is 45.3 Å². The van der Waals surface area contributed by atoms with E-state index in [-0.39, 0.29) is 17.7 Å². The van der Waals surface area contributed by atoms with Gasteiger partial charge in [0.15, 0.2) is 0 Å². The average Bonchev–Trinajstić information content (AvgIpc) is 2.36. The molecule has 4 nitrogen and oxygen atoms in total. The standard InChI is InChI=1S/C16H24ClNO3/c1-11(19)9-16(2,3)10-18-15(21)8-14(20)12-4-6-13(17)7-5-12/h4-7,11,14,19-20H,8-10H2,1-3H3,(H,18,21). The highest BCUT2D eigenvalue weighted by Gasteiger charge is 2.22. The quantitative estimate of drug-likeness (QED) is 0.725. The van der Waals surface area contributed by atoms with Crippen molar-refractivity contribution >= 4 is 17.5 Å². The molecule has 0 fully saturated rings. The summed E-state index contributed by atoms with van der Waals surface area (Å²) in [6, 6.07) is 6.78. The van der Waals surface area contributed by atoms with Crippen molar-refractivity contribution in [3.63, 3.8) is 0 Å². The maximum atomic E-state index is 11.9. The maximum absolute atomic E-state index is 11.9.